The highest BCUT2D eigenvalue weighted by atomic mass is 32.2. The lowest BCUT2D eigenvalue weighted by Gasteiger charge is -2.15. The van der Waals surface area contributed by atoms with Crippen LogP contribution in [0.4, 0.5) is 15.8 Å². The molecule has 0 saturated heterocycles. The smallest absolute Gasteiger partial charge is 0.246 e. The lowest BCUT2D eigenvalue weighted by Crippen LogP contribution is -2.31. The number of halogens is 1. The van der Waals surface area contributed by atoms with Crippen LogP contribution in [-0.4, -0.2) is 20.4 Å². The molecule has 0 aliphatic carbocycles. The first-order valence-corrected chi connectivity index (χ1v) is 8.26. The minimum absolute atomic E-state index is 0.0343. The normalized spacial score (nSPS) is 12.5. The highest BCUT2D eigenvalue weighted by Gasteiger charge is 2.13. The third-order valence-electron chi connectivity index (χ3n) is 3.07. The van der Waals surface area contributed by atoms with Crippen molar-refractivity contribution >= 4 is 27.3 Å². The van der Waals surface area contributed by atoms with Gasteiger partial charge in [0, 0.05) is 11.4 Å². The molecule has 0 aliphatic heterocycles. The highest BCUT2D eigenvalue weighted by Crippen LogP contribution is 2.14. The standard InChI is InChI=1S/C15H16FN3O3S/c1-10(18-12-4-2-11(16)3-5-12)15(20)19-13-6-8-14(9-7-13)23(17,21)22/h2-10,18H,1H3,(H,19,20)(H2,17,21,22)/t10-/m0/s1. The number of nitrogens with one attached hydrogen (secondary N) is 2. The second-order valence-corrected chi connectivity index (χ2v) is 6.49. The molecule has 0 heterocycles. The van der Waals surface area contributed by atoms with Gasteiger partial charge in [-0.05, 0) is 55.5 Å². The number of hydrogen-bond donors (Lipinski definition) is 3. The van der Waals surface area contributed by atoms with E-state index in [-0.39, 0.29) is 16.6 Å². The number of hydrogen-bond acceptors (Lipinski definition) is 4. The van der Waals surface area contributed by atoms with E-state index in [9.17, 15) is 17.6 Å². The topological polar surface area (TPSA) is 101 Å². The van der Waals surface area contributed by atoms with Crippen molar-refractivity contribution < 1.29 is 17.6 Å². The summed E-state index contributed by atoms with van der Waals surface area (Å²) >= 11 is 0. The van der Waals surface area contributed by atoms with Gasteiger partial charge in [-0.1, -0.05) is 0 Å². The number of carbonyl (C=O) groups excluding carboxylic acids is 1. The second-order valence-electron chi connectivity index (χ2n) is 4.93. The van der Waals surface area contributed by atoms with Crippen LogP contribution in [0.2, 0.25) is 0 Å². The Balaban J connectivity index is 1.99. The molecule has 0 unspecified atom stereocenters. The van der Waals surface area contributed by atoms with Crippen LogP contribution in [-0.2, 0) is 14.8 Å². The van der Waals surface area contributed by atoms with Gasteiger partial charge >= 0.3 is 0 Å². The van der Waals surface area contributed by atoms with E-state index in [0.717, 1.165) is 0 Å². The van der Waals surface area contributed by atoms with E-state index in [4.69, 9.17) is 5.14 Å². The minimum atomic E-state index is -3.76. The van der Waals surface area contributed by atoms with Crippen LogP contribution in [0.5, 0.6) is 0 Å². The molecule has 1 amide bonds. The van der Waals surface area contributed by atoms with Crippen molar-refractivity contribution in [3.05, 3.63) is 54.3 Å². The van der Waals surface area contributed by atoms with Crippen LogP contribution in [0.1, 0.15) is 6.92 Å². The zero-order valence-corrected chi connectivity index (χ0v) is 13.1. The molecule has 4 N–H and O–H groups in total. The Morgan fingerprint density at radius 1 is 1.04 bits per heavy atom. The van der Waals surface area contributed by atoms with Crippen molar-refractivity contribution in [2.45, 2.75) is 17.9 Å². The zero-order chi connectivity index (χ0) is 17.0. The Kier molecular flexibility index (Phi) is 4.97. The summed E-state index contributed by atoms with van der Waals surface area (Å²) in [6, 6.07) is 10.6. The fourth-order valence-electron chi connectivity index (χ4n) is 1.84. The van der Waals surface area contributed by atoms with Gasteiger partial charge in [-0.2, -0.15) is 0 Å². The van der Waals surface area contributed by atoms with E-state index in [2.05, 4.69) is 10.6 Å². The van der Waals surface area contributed by atoms with E-state index < -0.39 is 16.1 Å². The molecule has 6 nitrogen and oxygen atoms in total. The lowest BCUT2D eigenvalue weighted by molar-refractivity contribution is -0.116. The summed E-state index contributed by atoms with van der Waals surface area (Å²) in [6.07, 6.45) is 0. The first kappa shape index (κ1) is 16.9. The number of primary sulfonamides is 1. The number of nitrogens with two attached hydrogens (primary N) is 1. The molecule has 2 rings (SSSR count). The summed E-state index contributed by atoms with van der Waals surface area (Å²) in [5.41, 5.74) is 1.05. The van der Waals surface area contributed by atoms with Crippen LogP contribution in [0.3, 0.4) is 0 Å². The van der Waals surface area contributed by atoms with Gasteiger partial charge in [0.25, 0.3) is 0 Å². The third kappa shape index (κ3) is 4.76. The minimum Gasteiger partial charge on any atom is -0.374 e. The Morgan fingerprint density at radius 2 is 1.57 bits per heavy atom. The molecule has 0 bridgehead atoms. The average molecular weight is 337 g/mol. The maximum Gasteiger partial charge on any atom is 0.246 e. The van der Waals surface area contributed by atoms with Crippen molar-refractivity contribution in [1.82, 2.24) is 0 Å². The summed E-state index contributed by atoms with van der Waals surface area (Å²) in [5.74, 6) is -0.680. The summed E-state index contributed by atoms with van der Waals surface area (Å²) in [7, 11) is -3.76. The largest absolute Gasteiger partial charge is 0.374 e. The van der Waals surface area contributed by atoms with Crippen molar-refractivity contribution in [2.75, 3.05) is 10.6 Å². The maximum atomic E-state index is 12.8. The molecular weight excluding hydrogens is 321 g/mol. The Hall–Kier alpha value is -2.45. The Labute approximate surface area is 133 Å². The van der Waals surface area contributed by atoms with Gasteiger partial charge in [0.2, 0.25) is 15.9 Å². The highest BCUT2D eigenvalue weighted by molar-refractivity contribution is 7.89. The number of rotatable bonds is 5. The predicted molar refractivity (Wildman–Crippen MR) is 85.9 cm³/mol. The fraction of sp³-hybridized carbons (Fsp3) is 0.133. The molecule has 1 atom stereocenters. The fourth-order valence-corrected chi connectivity index (χ4v) is 2.36. The first-order chi connectivity index (χ1) is 10.8. The first-order valence-electron chi connectivity index (χ1n) is 6.71. The van der Waals surface area contributed by atoms with Gasteiger partial charge in [0.05, 0.1) is 4.90 Å². The van der Waals surface area contributed by atoms with Crippen LogP contribution >= 0.6 is 0 Å². The quantitative estimate of drug-likeness (QED) is 0.776. The maximum absolute atomic E-state index is 12.8. The molecule has 8 heteroatoms. The van der Waals surface area contributed by atoms with Gasteiger partial charge in [0.15, 0.2) is 0 Å². The van der Waals surface area contributed by atoms with Crippen molar-refractivity contribution in [2.24, 2.45) is 5.14 Å². The van der Waals surface area contributed by atoms with Gasteiger partial charge in [-0.25, -0.2) is 17.9 Å². The number of benzene rings is 2. The zero-order valence-electron chi connectivity index (χ0n) is 12.3. The van der Waals surface area contributed by atoms with Crippen LogP contribution < -0.4 is 15.8 Å². The molecule has 23 heavy (non-hydrogen) atoms. The summed E-state index contributed by atoms with van der Waals surface area (Å²) in [4.78, 5) is 12.0. The van der Waals surface area contributed by atoms with Crippen molar-refractivity contribution in [1.29, 1.82) is 0 Å². The van der Waals surface area contributed by atoms with E-state index in [1.54, 1.807) is 6.92 Å². The van der Waals surface area contributed by atoms with E-state index >= 15 is 0 Å². The van der Waals surface area contributed by atoms with E-state index in [1.807, 2.05) is 0 Å². The molecule has 2 aromatic carbocycles. The van der Waals surface area contributed by atoms with Gasteiger partial charge in [0.1, 0.15) is 11.9 Å². The molecular formula is C15H16FN3O3S. The van der Waals surface area contributed by atoms with Crippen LogP contribution in [0, 0.1) is 5.82 Å². The summed E-state index contributed by atoms with van der Waals surface area (Å²) in [5, 5.41) is 10.6. The Morgan fingerprint density at radius 3 is 2.09 bits per heavy atom. The molecule has 2 aromatic rings. The number of amides is 1. The Bertz CT molecular complexity index is 790. The van der Waals surface area contributed by atoms with Crippen LogP contribution in [0.15, 0.2) is 53.4 Å². The van der Waals surface area contributed by atoms with Crippen molar-refractivity contribution in [3.8, 4) is 0 Å². The summed E-state index contributed by atoms with van der Waals surface area (Å²) < 4.78 is 35.1. The predicted octanol–water partition coefficient (Wildman–Crippen LogP) is 1.91. The molecule has 0 saturated carbocycles. The van der Waals surface area contributed by atoms with Crippen molar-refractivity contribution in [3.63, 3.8) is 0 Å². The average Bonchev–Trinajstić information content (AvgIpc) is 2.49. The molecule has 0 radical (unpaired) electrons. The molecule has 122 valence electrons. The van der Waals surface area contributed by atoms with Gasteiger partial charge < -0.3 is 10.6 Å². The molecule has 0 fully saturated rings. The number of sulfonamides is 1. The van der Waals surface area contributed by atoms with Gasteiger partial charge in [-0.3, -0.25) is 4.79 Å². The van der Waals surface area contributed by atoms with Gasteiger partial charge in [-0.15, -0.1) is 0 Å². The van der Waals surface area contributed by atoms with E-state index in [0.29, 0.717) is 11.4 Å². The third-order valence-corrected chi connectivity index (χ3v) is 4.00. The monoisotopic (exact) mass is 337 g/mol. The number of carbonyl (C=O) groups is 1. The van der Waals surface area contributed by atoms with E-state index in [1.165, 1.54) is 48.5 Å². The number of anilines is 2. The van der Waals surface area contributed by atoms with Crippen LogP contribution in [0.25, 0.3) is 0 Å². The second kappa shape index (κ2) is 6.76. The SMILES string of the molecule is C[C@H](Nc1ccc(F)cc1)C(=O)Nc1ccc(S(N)(=O)=O)cc1. The summed E-state index contributed by atoms with van der Waals surface area (Å²) in [6.45, 7) is 1.65. The molecule has 0 spiro atoms. The lowest BCUT2D eigenvalue weighted by atomic mass is 10.2. The molecule has 0 aromatic heterocycles. The molecule has 0 aliphatic rings.